The molecule has 5 nitrogen and oxygen atoms in total. The van der Waals surface area contributed by atoms with Gasteiger partial charge in [0, 0.05) is 17.9 Å². The lowest BCUT2D eigenvalue weighted by Gasteiger charge is -2.56. The first kappa shape index (κ1) is 67.3. The predicted molar refractivity (Wildman–Crippen MR) is 322 cm³/mol. The monoisotopic (exact) mass is 1040 g/mol. The zero-order chi connectivity index (χ0) is 53.1. The molecule has 2 heterocycles. The van der Waals surface area contributed by atoms with Gasteiger partial charge in [0.2, 0.25) is 0 Å². The van der Waals surface area contributed by atoms with Gasteiger partial charge >= 0.3 is 0 Å². The third-order valence-corrected chi connectivity index (χ3v) is 18.9. The lowest BCUT2D eigenvalue weighted by molar-refractivity contribution is -0.337. The summed E-state index contributed by atoms with van der Waals surface area (Å²) in [5, 5.41) is 12.8. The quantitative estimate of drug-likeness (QED) is 0.308. The molecule has 1 N–H and O–H groups in total. The van der Waals surface area contributed by atoms with Gasteiger partial charge in [-0.2, -0.15) is 5.06 Å². The molecule has 0 saturated carbocycles. The number of hydrogen-bond acceptors (Lipinski definition) is 5. The Balaban J connectivity index is 1.52. The van der Waals surface area contributed by atoms with E-state index in [1.165, 1.54) is 288 Å². The minimum absolute atomic E-state index is 0.00472. The maximum atomic E-state index is 10.4. The van der Waals surface area contributed by atoms with Crippen LogP contribution in [0.3, 0.4) is 0 Å². The summed E-state index contributed by atoms with van der Waals surface area (Å²) in [6, 6.07) is 10.8. The van der Waals surface area contributed by atoms with E-state index in [4.69, 9.17) is 14.3 Å². The van der Waals surface area contributed by atoms with Gasteiger partial charge < -0.3 is 14.6 Å². The molecule has 5 heteroatoms. The molecular formula is C69H129NO4. The van der Waals surface area contributed by atoms with Crippen LogP contribution in [0.15, 0.2) is 30.3 Å². The second-order valence-corrected chi connectivity index (χ2v) is 25.2. The highest BCUT2D eigenvalue weighted by Gasteiger charge is 2.56. The third-order valence-electron chi connectivity index (χ3n) is 18.9. The molecule has 0 radical (unpaired) electrons. The molecule has 0 aromatic heterocycles. The number of nitrogens with zero attached hydrogens (tertiary/aromatic N) is 1. The van der Waals surface area contributed by atoms with Crippen molar-refractivity contribution in [3.63, 3.8) is 0 Å². The summed E-state index contributed by atoms with van der Waals surface area (Å²) in [5.74, 6) is -0.743. The Labute approximate surface area is 462 Å². The Kier molecular flexibility index (Phi) is 39.9. The first-order valence-electron chi connectivity index (χ1n) is 33.7. The van der Waals surface area contributed by atoms with Gasteiger partial charge in [-0.15, -0.1) is 0 Å². The molecule has 2 saturated heterocycles. The number of hydroxylamine groups is 2. The number of aliphatic hydroxyl groups excluding tert-OH is 1. The fourth-order valence-corrected chi connectivity index (χ4v) is 13.1. The van der Waals surface area contributed by atoms with E-state index in [0.717, 1.165) is 32.1 Å². The van der Waals surface area contributed by atoms with Crippen LogP contribution < -0.4 is 0 Å². The van der Waals surface area contributed by atoms with E-state index in [1.807, 2.05) is 0 Å². The minimum atomic E-state index is -0.758. The van der Waals surface area contributed by atoms with Gasteiger partial charge in [-0.25, -0.2) is 0 Å². The topological polar surface area (TPSA) is 51.2 Å². The van der Waals surface area contributed by atoms with Crippen molar-refractivity contribution >= 4 is 0 Å². The molecular weight excluding hydrogens is 907 g/mol. The van der Waals surface area contributed by atoms with Crippen molar-refractivity contribution in [2.75, 3.05) is 13.2 Å². The summed E-state index contributed by atoms with van der Waals surface area (Å²) in [4.78, 5) is 7.35. The van der Waals surface area contributed by atoms with Gasteiger partial charge in [0.15, 0.2) is 5.79 Å². The van der Waals surface area contributed by atoms with Gasteiger partial charge in [0.1, 0.15) is 12.2 Å². The lowest BCUT2D eigenvalue weighted by atomic mass is 9.74. The molecule has 0 bridgehead atoms. The van der Waals surface area contributed by atoms with E-state index in [-0.39, 0.29) is 35.8 Å². The van der Waals surface area contributed by atoms with Crippen molar-refractivity contribution in [1.29, 1.82) is 0 Å². The second-order valence-electron chi connectivity index (χ2n) is 25.2. The fraction of sp³-hybridized carbons (Fsp3) is 0.913. The standard InChI is InChI=1S/C69H129NO4/c1-7-67(5)59-55-50-48-46-44-42-40-38-36-34-32-30-28-26-24-22-20-18-16-14-12-10-9-11-13-15-17-19-21-23-25-27-29-31-33-35-37-39-41-43-45-47-49-51-56-60-69(72-62-66(61-71)73-69)64(4)68(6,8-2)70(67)74-63(3)65-57-53-52-54-58-65/h52-54,57-58,63-64,66,71H,7-51,55-56,59-62H2,1-6H3. The highest BCUT2D eigenvalue weighted by molar-refractivity contribution is 5.17. The zero-order valence-corrected chi connectivity index (χ0v) is 50.8. The molecule has 74 heavy (non-hydrogen) atoms. The van der Waals surface area contributed by atoms with Crippen LogP contribution in [-0.4, -0.2) is 46.4 Å². The molecule has 1 aromatic carbocycles. The van der Waals surface area contributed by atoms with Crippen molar-refractivity contribution in [3.8, 4) is 0 Å². The summed E-state index contributed by atoms with van der Waals surface area (Å²) < 4.78 is 13.7. The highest BCUT2D eigenvalue weighted by Crippen LogP contribution is 2.49. The molecule has 6 unspecified atom stereocenters. The van der Waals surface area contributed by atoms with Crippen molar-refractivity contribution in [1.82, 2.24) is 5.06 Å². The van der Waals surface area contributed by atoms with Gasteiger partial charge in [0.25, 0.3) is 0 Å². The Morgan fingerprint density at radius 2 is 0.770 bits per heavy atom. The average molecular weight is 1040 g/mol. The highest BCUT2D eigenvalue weighted by atomic mass is 16.8. The molecule has 1 spiro atoms. The van der Waals surface area contributed by atoms with Gasteiger partial charge in [-0.05, 0) is 52.0 Å². The zero-order valence-electron chi connectivity index (χ0n) is 50.8. The maximum Gasteiger partial charge on any atom is 0.173 e. The predicted octanol–water partition coefficient (Wildman–Crippen LogP) is 22.4. The largest absolute Gasteiger partial charge is 0.394 e. The molecule has 0 aliphatic carbocycles. The summed E-state index contributed by atoms with van der Waals surface area (Å²) in [7, 11) is 0. The second kappa shape index (κ2) is 43.8. The van der Waals surface area contributed by atoms with E-state index >= 15 is 0 Å². The SMILES string of the molecule is CCC1(C)CCCCCCCCCCCCCCCCCCCCCCCCCCCCCCCCCCCCCCCCCCCCCCCC2(OCC(CO)O2)C(C)C(C)(CC)N1OC(C)c1ccccc1. The van der Waals surface area contributed by atoms with Crippen LogP contribution >= 0.6 is 0 Å². The number of ether oxygens (including phenoxy) is 2. The van der Waals surface area contributed by atoms with Crippen LogP contribution in [0.5, 0.6) is 0 Å². The van der Waals surface area contributed by atoms with Crippen LogP contribution in [0, 0.1) is 5.92 Å². The van der Waals surface area contributed by atoms with Crippen molar-refractivity contribution in [2.24, 2.45) is 5.92 Å². The summed E-state index contributed by atoms with van der Waals surface area (Å²) >= 11 is 0. The summed E-state index contributed by atoms with van der Waals surface area (Å²) in [5.41, 5.74) is 0.662. The summed E-state index contributed by atoms with van der Waals surface area (Å²) in [6.45, 7) is 14.6. The summed E-state index contributed by atoms with van der Waals surface area (Å²) in [6.07, 6.45) is 67.2. The number of benzene rings is 1. The first-order chi connectivity index (χ1) is 36.2. The average Bonchev–Trinajstić information content (AvgIpc) is 3.86. The maximum absolute atomic E-state index is 10.4. The molecule has 0 amide bonds. The van der Waals surface area contributed by atoms with Crippen LogP contribution in [0.2, 0.25) is 0 Å². The Morgan fingerprint density at radius 3 is 1.04 bits per heavy atom. The van der Waals surface area contributed by atoms with Crippen LogP contribution in [0.25, 0.3) is 0 Å². The lowest BCUT2D eigenvalue weighted by Crippen LogP contribution is -2.64. The van der Waals surface area contributed by atoms with Gasteiger partial charge in [-0.1, -0.05) is 334 Å². The molecule has 2 aliphatic heterocycles. The van der Waals surface area contributed by atoms with Crippen molar-refractivity contribution < 1.29 is 19.4 Å². The van der Waals surface area contributed by atoms with Crippen LogP contribution in [-0.2, 0) is 14.3 Å². The molecule has 6 atom stereocenters. The Morgan fingerprint density at radius 1 is 0.473 bits per heavy atom. The Bertz CT molecular complexity index is 1370. The number of hydrogen-bond donors (Lipinski definition) is 1. The molecule has 434 valence electrons. The van der Waals surface area contributed by atoms with E-state index in [2.05, 4.69) is 76.9 Å². The first-order valence-corrected chi connectivity index (χ1v) is 33.7. The smallest absolute Gasteiger partial charge is 0.173 e. The van der Waals surface area contributed by atoms with Crippen molar-refractivity contribution in [3.05, 3.63) is 35.9 Å². The fourth-order valence-electron chi connectivity index (χ4n) is 13.1. The Hall–Kier alpha value is -0.980. The minimum Gasteiger partial charge on any atom is -0.394 e. The van der Waals surface area contributed by atoms with E-state index in [9.17, 15) is 5.11 Å². The molecule has 2 aliphatic rings. The van der Waals surface area contributed by atoms with Crippen LogP contribution in [0.1, 0.15) is 368 Å². The number of aliphatic hydroxyl groups is 1. The normalized spacial score (nSPS) is 30.1. The van der Waals surface area contributed by atoms with E-state index < -0.39 is 5.79 Å². The number of rotatable bonds is 6. The van der Waals surface area contributed by atoms with Gasteiger partial charge in [0.05, 0.1) is 18.8 Å². The van der Waals surface area contributed by atoms with Gasteiger partial charge in [-0.3, -0.25) is 4.84 Å². The van der Waals surface area contributed by atoms with E-state index in [1.54, 1.807) is 0 Å². The molecule has 3 rings (SSSR count). The van der Waals surface area contributed by atoms with Crippen LogP contribution in [0.4, 0.5) is 0 Å². The van der Waals surface area contributed by atoms with E-state index in [0.29, 0.717) is 6.61 Å². The molecule has 2 fully saturated rings. The van der Waals surface area contributed by atoms with Crippen molar-refractivity contribution in [2.45, 2.75) is 385 Å². The molecule has 1 aromatic rings. The third kappa shape index (κ3) is 28.8.